The smallest absolute Gasteiger partial charge is 0.307 e. The van der Waals surface area contributed by atoms with Gasteiger partial charge in [-0.25, -0.2) is 0 Å². The lowest BCUT2D eigenvalue weighted by molar-refractivity contribution is -0.154. The van der Waals surface area contributed by atoms with Crippen molar-refractivity contribution in [2.24, 2.45) is 5.92 Å². The van der Waals surface area contributed by atoms with Gasteiger partial charge in [0.15, 0.2) is 0 Å². The molecule has 0 saturated heterocycles. The fraction of sp³-hybridized carbons (Fsp3) is 0.923. The average Bonchev–Trinajstić information content (AvgIpc) is 1.98. The molecule has 0 amide bonds. The maximum Gasteiger partial charge on any atom is 0.307 e. The number of ether oxygens (including phenoxy) is 1. The van der Waals surface area contributed by atoms with Crippen molar-refractivity contribution in [3.05, 3.63) is 0 Å². The summed E-state index contributed by atoms with van der Waals surface area (Å²) in [4.78, 5) is 11.4. The summed E-state index contributed by atoms with van der Waals surface area (Å²) in [5, 5.41) is 3.33. The highest BCUT2D eigenvalue weighted by atomic mass is 16.6. The molecular weight excluding hydrogens is 202 g/mol. The highest BCUT2D eigenvalue weighted by molar-refractivity contribution is 5.70. The van der Waals surface area contributed by atoms with Crippen LogP contribution >= 0.6 is 0 Å². The van der Waals surface area contributed by atoms with Gasteiger partial charge in [-0.15, -0.1) is 0 Å². The second-order valence-electron chi connectivity index (χ2n) is 5.82. The number of hydrogen-bond acceptors (Lipinski definition) is 3. The molecule has 0 bridgehead atoms. The molecule has 0 aliphatic heterocycles. The topological polar surface area (TPSA) is 38.3 Å². The quantitative estimate of drug-likeness (QED) is 0.712. The maximum atomic E-state index is 11.4. The zero-order chi connectivity index (χ0) is 12.8. The van der Waals surface area contributed by atoms with Gasteiger partial charge in [0, 0.05) is 12.6 Å². The Balaban J connectivity index is 3.62. The van der Waals surface area contributed by atoms with E-state index < -0.39 is 0 Å². The lowest BCUT2D eigenvalue weighted by Gasteiger charge is -2.20. The summed E-state index contributed by atoms with van der Waals surface area (Å²) in [6, 6.07) is 0.461. The normalized spacial score (nSPS) is 13.9. The van der Waals surface area contributed by atoms with E-state index in [0.29, 0.717) is 24.9 Å². The van der Waals surface area contributed by atoms with Gasteiger partial charge in [0.2, 0.25) is 0 Å². The minimum absolute atomic E-state index is 0.128. The zero-order valence-corrected chi connectivity index (χ0v) is 11.6. The summed E-state index contributed by atoms with van der Waals surface area (Å²) < 4.78 is 5.22. The third-order valence-electron chi connectivity index (χ3n) is 2.07. The van der Waals surface area contributed by atoms with Gasteiger partial charge in [-0.3, -0.25) is 4.79 Å². The van der Waals surface area contributed by atoms with Crippen LogP contribution in [-0.4, -0.2) is 24.2 Å². The van der Waals surface area contributed by atoms with Gasteiger partial charge in [0.25, 0.3) is 0 Å². The van der Waals surface area contributed by atoms with Crippen LogP contribution in [0.5, 0.6) is 0 Å². The molecule has 0 fully saturated rings. The monoisotopic (exact) mass is 229 g/mol. The van der Waals surface area contributed by atoms with Gasteiger partial charge in [-0.1, -0.05) is 13.8 Å². The van der Waals surface area contributed by atoms with E-state index in [1.165, 1.54) is 0 Å². The molecule has 0 aromatic carbocycles. The lowest BCUT2D eigenvalue weighted by Crippen LogP contribution is -2.31. The molecule has 1 unspecified atom stereocenters. The zero-order valence-electron chi connectivity index (χ0n) is 11.6. The van der Waals surface area contributed by atoms with Crippen LogP contribution in [0.15, 0.2) is 0 Å². The van der Waals surface area contributed by atoms with Crippen molar-refractivity contribution < 1.29 is 9.53 Å². The first-order chi connectivity index (χ1) is 7.20. The average molecular weight is 229 g/mol. The molecule has 0 spiro atoms. The van der Waals surface area contributed by atoms with Crippen LogP contribution in [0, 0.1) is 5.92 Å². The SMILES string of the molecule is CC(C)CC(C)NCCC(=O)OC(C)(C)C. The van der Waals surface area contributed by atoms with Crippen molar-refractivity contribution in [1.82, 2.24) is 5.32 Å². The Morgan fingerprint density at radius 1 is 1.25 bits per heavy atom. The van der Waals surface area contributed by atoms with E-state index in [0.717, 1.165) is 6.42 Å². The molecule has 0 aromatic heterocycles. The summed E-state index contributed by atoms with van der Waals surface area (Å²) in [6.45, 7) is 12.9. The first-order valence-electron chi connectivity index (χ1n) is 6.16. The molecule has 96 valence electrons. The Bertz CT molecular complexity index is 206. The standard InChI is InChI=1S/C13H27NO2/c1-10(2)9-11(3)14-8-7-12(15)16-13(4,5)6/h10-11,14H,7-9H2,1-6H3. The Kier molecular flexibility index (Phi) is 6.65. The van der Waals surface area contributed by atoms with E-state index in [1.54, 1.807) is 0 Å². The van der Waals surface area contributed by atoms with Crippen molar-refractivity contribution in [2.75, 3.05) is 6.54 Å². The minimum atomic E-state index is -0.374. The number of nitrogens with one attached hydrogen (secondary N) is 1. The predicted octanol–water partition coefficient (Wildman–Crippen LogP) is 2.74. The highest BCUT2D eigenvalue weighted by Crippen LogP contribution is 2.08. The van der Waals surface area contributed by atoms with E-state index in [1.807, 2.05) is 20.8 Å². The number of hydrogen-bond donors (Lipinski definition) is 1. The molecule has 0 radical (unpaired) electrons. The predicted molar refractivity (Wildman–Crippen MR) is 67.4 cm³/mol. The molecule has 3 heteroatoms. The Morgan fingerprint density at radius 3 is 2.25 bits per heavy atom. The third-order valence-corrected chi connectivity index (χ3v) is 2.07. The highest BCUT2D eigenvalue weighted by Gasteiger charge is 2.15. The van der Waals surface area contributed by atoms with Crippen LogP contribution in [-0.2, 0) is 9.53 Å². The van der Waals surface area contributed by atoms with Crippen LogP contribution in [0.4, 0.5) is 0 Å². The Morgan fingerprint density at radius 2 is 1.81 bits per heavy atom. The summed E-state index contributed by atoms with van der Waals surface area (Å²) >= 11 is 0. The molecule has 3 nitrogen and oxygen atoms in total. The van der Waals surface area contributed by atoms with Crippen molar-refractivity contribution in [1.29, 1.82) is 0 Å². The van der Waals surface area contributed by atoms with Crippen molar-refractivity contribution in [3.63, 3.8) is 0 Å². The van der Waals surface area contributed by atoms with Gasteiger partial charge >= 0.3 is 5.97 Å². The second kappa shape index (κ2) is 6.89. The first-order valence-corrected chi connectivity index (χ1v) is 6.16. The number of carbonyl (C=O) groups is 1. The van der Waals surface area contributed by atoms with Crippen LogP contribution in [0.3, 0.4) is 0 Å². The molecule has 1 N–H and O–H groups in total. The van der Waals surface area contributed by atoms with Crippen molar-refractivity contribution in [2.45, 2.75) is 66.0 Å². The van der Waals surface area contributed by atoms with Crippen LogP contribution < -0.4 is 5.32 Å². The fourth-order valence-corrected chi connectivity index (χ4v) is 1.60. The van der Waals surface area contributed by atoms with Crippen LogP contribution in [0.1, 0.15) is 54.4 Å². The molecule has 0 aliphatic carbocycles. The summed E-state index contributed by atoms with van der Waals surface area (Å²) in [7, 11) is 0. The molecule has 0 heterocycles. The number of carbonyl (C=O) groups excluding carboxylic acids is 1. The molecule has 0 aliphatic rings. The summed E-state index contributed by atoms with van der Waals surface area (Å²) in [5.41, 5.74) is -0.374. The van der Waals surface area contributed by atoms with Gasteiger partial charge < -0.3 is 10.1 Å². The molecule has 0 aromatic rings. The lowest BCUT2D eigenvalue weighted by atomic mass is 10.1. The second-order valence-corrected chi connectivity index (χ2v) is 5.82. The Hall–Kier alpha value is -0.570. The van der Waals surface area contributed by atoms with E-state index >= 15 is 0 Å². The molecule has 16 heavy (non-hydrogen) atoms. The molecular formula is C13H27NO2. The van der Waals surface area contributed by atoms with Crippen molar-refractivity contribution >= 4 is 5.97 Å². The van der Waals surface area contributed by atoms with Gasteiger partial charge in [-0.05, 0) is 40.0 Å². The van der Waals surface area contributed by atoms with E-state index in [4.69, 9.17) is 4.74 Å². The summed E-state index contributed by atoms with van der Waals surface area (Å²) in [5.74, 6) is 0.556. The summed E-state index contributed by atoms with van der Waals surface area (Å²) in [6.07, 6.45) is 1.58. The number of rotatable bonds is 6. The molecule has 0 saturated carbocycles. The Labute approximate surface area is 99.9 Å². The van der Waals surface area contributed by atoms with E-state index in [9.17, 15) is 4.79 Å². The minimum Gasteiger partial charge on any atom is -0.460 e. The van der Waals surface area contributed by atoms with Crippen molar-refractivity contribution in [3.8, 4) is 0 Å². The first kappa shape index (κ1) is 15.4. The van der Waals surface area contributed by atoms with Gasteiger partial charge in [-0.2, -0.15) is 0 Å². The van der Waals surface area contributed by atoms with Gasteiger partial charge in [0.1, 0.15) is 5.60 Å². The fourth-order valence-electron chi connectivity index (χ4n) is 1.60. The third kappa shape index (κ3) is 9.97. The maximum absolute atomic E-state index is 11.4. The molecule has 0 rings (SSSR count). The van der Waals surface area contributed by atoms with Crippen LogP contribution in [0.25, 0.3) is 0 Å². The number of esters is 1. The van der Waals surface area contributed by atoms with E-state index in [-0.39, 0.29) is 11.6 Å². The van der Waals surface area contributed by atoms with E-state index in [2.05, 4.69) is 26.1 Å². The largest absolute Gasteiger partial charge is 0.460 e. The molecule has 1 atom stereocenters. The van der Waals surface area contributed by atoms with Crippen LogP contribution in [0.2, 0.25) is 0 Å². The van der Waals surface area contributed by atoms with Gasteiger partial charge in [0.05, 0.1) is 6.42 Å².